The van der Waals surface area contributed by atoms with Gasteiger partial charge in [-0.2, -0.15) is 0 Å². The van der Waals surface area contributed by atoms with Gasteiger partial charge in [0.15, 0.2) is 0 Å². The van der Waals surface area contributed by atoms with Crippen LogP contribution < -0.4 is 16.5 Å². The molecule has 8 heteroatoms. The van der Waals surface area contributed by atoms with E-state index in [0.29, 0.717) is 5.56 Å². The van der Waals surface area contributed by atoms with Crippen molar-refractivity contribution < 1.29 is 22.5 Å². The SMILES string of the molecule is Cc1c(CNC(=O)OCC2c3ccccc3-c3ccccc32)cc(N)cc1[B-](F)(F)F. The summed E-state index contributed by atoms with van der Waals surface area (Å²) < 4.78 is 45.1. The molecule has 4 nitrogen and oxygen atoms in total. The van der Waals surface area contributed by atoms with Crippen LogP contribution in [0.25, 0.3) is 11.1 Å². The summed E-state index contributed by atoms with van der Waals surface area (Å²) in [5, 5.41) is 2.54. The summed E-state index contributed by atoms with van der Waals surface area (Å²) >= 11 is 0. The molecule has 0 unspecified atom stereocenters. The monoisotopic (exact) mass is 425 g/mol. The van der Waals surface area contributed by atoms with Crippen molar-refractivity contribution in [3.05, 3.63) is 82.9 Å². The number of rotatable bonds is 5. The van der Waals surface area contributed by atoms with Crippen molar-refractivity contribution >= 4 is 24.2 Å². The molecular weight excluding hydrogens is 404 g/mol. The maximum absolute atomic E-state index is 13.2. The summed E-state index contributed by atoms with van der Waals surface area (Å²) in [7, 11) is 0. The van der Waals surface area contributed by atoms with Crippen LogP contribution in [0.5, 0.6) is 0 Å². The third kappa shape index (κ3) is 4.10. The number of amides is 1. The Bertz CT molecular complexity index is 1100. The highest BCUT2D eigenvalue weighted by Crippen LogP contribution is 2.44. The lowest BCUT2D eigenvalue weighted by atomic mass is 9.75. The van der Waals surface area contributed by atoms with Crippen molar-refractivity contribution in [2.45, 2.75) is 19.4 Å². The first-order valence-corrected chi connectivity index (χ1v) is 9.93. The Morgan fingerprint density at radius 2 is 1.61 bits per heavy atom. The zero-order chi connectivity index (χ0) is 22.2. The topological polar surface area (TPSA) is 64.3 Å². The minimum Gasteiger partial charge on any atom is -0.449 e. The van der Waals surface area contributed by atoms with Crippen LogP contribution in [-0.4, -0.2) is 19.7 Å². The van der Waals surface area contributed by atoms with E-state index in [9.17, 15) is 17.7 Å². The van der Waals surface area contributed by atoms with Crippen LogP contribution in [-0.2, 0) is 11.3 Å². The molecule has 0 heterocycles. The Morgan fingerprint density at radius 3 is 2.19 bits per heavy atom. The van der Waals surface area contributed by atoms with Gasteiger partial charge in [-0.15, -0.1) is 5.46 Å². The molecule has 31 heavy (non-hydrogen) atoms. The van der Waals surface area contributed by atoms with Gasteiger partial charge in [0.2, 0.25) is 0 Å². The first-order valence-electron chi connectivity index (χ1n) is 9.93. The average molecular weight is 425 g/mol. The summed E-state index contributed by atoms with van der Waals surface area (Å²) in [5.74, 6) is -0.0909. The molecule has 160 valence electrons. The second-order valence-electron chi connectivity index (χ2n) is 7.65. The van der Waals surface area contributed by atoms with Crippen molar-refractivity contribution in [3.8, 4) is 11.1 Å². The van der Waals surface area contributed by atoms with Gasteiger partial charge in [-0.3, -0.25) is 0 Å². The zero-order valence-corrected chi connectivity index (χ0v) is 16.9. The highest BCUT2D eigenvalue weighted by atomic mass is 19.4. The van der Waals surface area contributed by atoms with Crippen molar-refractivity contribution in [1.82, 2.24) is 5.32 Å². The standard InChI is InChI=1S/C23H21BF3N2O2/c1-14-15(10-16(28)11-22(14)24(25,26)27)12-29-23(30)31-13-21-19-8-4-2-6-17(19)18-7-3-5-9-20(18)21/h2-11,21H,12-13,28H2,1H3,(H,29,30)/q-1. The van der Waals surface area contributed by atoms with E-state index in [4.69, 9.17) is 10.5 Å². The van der Waals surface area contributed by atoms with Crippen LogP contribution in [0, 0.1) is 6.92 Å². The van der Waals surface area contributed by atoms with E-state index >= 15 is 0 Å². The van der Waals surface area contributed by atoms with Gasteiger partial charge < -0.3 is 28.7 Å². The summed E-state index contributed by atoms with van der Waals surface area (Å²) in [5.41, 5.74) is 9.65. The molecule has 1 aliphatic carbocycles. The van der Waals surface area contributed by atoms with Crippen LogP contribution in [0.15, 0.2) is 60.7 Å². The van der Waals surface area contributed by atoms with E-state index in [1.807, 2.05) is 48.5 Å². The molecule has 0 saturated heterocycles. The minimum absolute atomic E-state index is 0.00383. The van der Waals surface area contributed by atoms with Gasteiger partial charge in [-0.25, -0.2) is 4.79 Å². The van der Waals surface area contributed by atoms with E-state index in [-0.39, 0.29) is 30.3 Å². The molecule has 0 radical (unpaired) electrons. The molecule has 0 spiro atoms. The van der Waals surface area contributed by atoms with Gasteiger partial charge in [0, 0.05) is 18.2 Å². The van der Waals surface area contributed by atoms with Crippen LogP contribution in [0.1, 0.15) is 28.2 Å². The molecule has 3 aromatic carbocycles. The highest BCUT2D eigenvalue weighted by molar-refractivity contribution is 6.74. The number of hydrogen-bond acceptors (Lipinski definition) is 3. The van der Waals surface area contributed by atoms with E-state index < -0.39 is 18.5 Å². The van der Waals surface area contributed by atoms with Crippen LogP contribution in [0.4, 0.5) is 23.4 Å². The molecule has 3 aromatic rings. The molecule has 0 atom stereocenters. The van der Waals surface area contributed by atoms with Gasteiger partial charge >= 0.3 is 13.1 Å². The number of carbonyl (C=O) groups is 1. The lowest BCUT2D eigenvalue weighted by molar-refractivity contribution is 0.142. The van der Waals surface area contributed by atoms with E-state index in [0.717, 1.165) is 28.3 Å². The van der Waals surface area contributed by atoms with Crippen molar-refractivity contribution in [2.24, 2.45) is 0 Å². The number of benzene rings is 3. The predicted octanol–water partition coefficient (Wildman–Crippen LogP) is 4.67. The van der Waals surface area contributed by atoms with Crippen molar-refractivity contribution in [3.63, 3.8) is 0 Å². The fraction of sp³-hybridized carbons (Fsp3) is 0.174. The Hall–Kier alpha value is -3.42. The number of nitrogens with one attached hydrogen (secondary N) is 1. The number of carbonyl (C=O) groups excluding carboxylic acids is 1. The molecule has 0 saturated carbocycles. The van der Waals surface area contributed by atoms with Crippen LogP contribution >= 0.6 is 0 Å². The number of fused-ring (bicyclic) bond motifs is 3. The van der Waals surface area contributed by atoms with Crippen molar-refractivity contribution in [2.75, 3.05) is 12.3 Å². The number of nitrogen functional groups attached to an aromatic ring is 1. The molecule has 4 rings (SSSR count). The smallest absolute Gasteiger partial charge is 0.449 e. The fourth-order valence-electron chi connectivity index (χ4n) is 4.16. The van der Waals surface area contributed by atoms with E-state index in [1.165, 1.54) is 13.0 Å². The number of alkyl carbamates (subject to hydrolysis) is 1. The van der Waals surface area contributed by atoms with E-state index in [2.05, 4.69) is 5.32 Å². The minimum atomic E-state index is -5.19. The Morgan fingerprint density at radius 1 is 1.03 bits per heavy atom. The fourth-order valence-corrected chi connectivity index (χ4v) is 4.16. The van der Waals surface area contributed by atoms with Crippen molar-refractivity contribution in [1.29, 1.82) is 0 Å². The van der Waals surface area contributed by atoms with Gasteiger partial charge in [0.05, 0.1) is 0 Å². The largest absolute Gasteiger partial charge is 0.509 e. The van der Waals surface area contributed by atoms with Crippen LogP contribution in [0.2, 0.25) is 0 Å². The van der Waals surface area contributed by atoms with E-state index in [1.54, 1.807) is 0 Å². The first-order chi connectivity index (χ1) is 14.8. The Kier molecular flexibility index (Phi) is 5.39. The maximum atomic E-state index is 13.2. The summed E-state index contributed by atoms with van der Waals surface area (Å²) in [6, 6.07) is 18.3. The lowest BCUT2D eigenvalue weighted by Crippen LogP contribution is -2.37. The molecule has 1 amide bonds. The quantitative estimate of drug-likeness (QED) is 0.461. The Labute approximate surface area is 178 Å². The summed E-state index contributed by atoms with van der Waals surface area (Å²) in [6.45, 7) is -3.79. The molecule has 0 bridgehead atoms. The van der Waals surface area contributed by atoms with Gasteiger partial charge in [0.1, 0.15) is 6.61 Å². The molecular formula is C23H21BF3N2O2-. The van der Waals surface area contributed by atoms with Gasteiger partial charge in [-0.05, 0) is 40.8 Å². The predicted molar refractivity (Wildman–Crippen MR) is 116 cm³/mol. The number of nitrogens with two attached hydrogens (primary N) is 1. The second-order valence-corrected chi connectivity index (χ2v) is 7.65. The maximum Gasteiger partial charge on any atom is 0.509 e. The second kappa shape index (κ2) is 8.02. The number of halogens is 3. The molecule has 1 aliphatic rings. The number of anilines is 1. The zero-order valence-electron chi connectivity index (χ0n) is 16.9. The highest BCUT2D eigenvalue weighted by Gasteiger charge is 2.30. The molecule has 0 aliphatic heterocycles. The van der Waals surface area contributed by atoms with Gasteiger partial charge in [0.25, 0.3) is 0 Å². The number of hydrogen-bond donors (Lipinski definition) is 2. The van der Waals surface area contributed by atoms with Crippen LogP contribution in [0.3, 0.4) is 0 Å². The first kappa shape index (κ1) is 20.8. The summed E-state index contributed by atoms with van der Waals surface area (Å²) in [6.07, 6.45) is -0.692. The third-order valence-corrected chi connectivity index (χ3v) is 5.70. The molecule has 3 N–H and O–H groups in total. The Balaban J connectivity index is 1.44. The third-order valence-electron chi connectivity index (χ3n) is 5.70. The summed E-state index contributed by atoms with van der Waals surface area (Å²) in [4.78, 5) is 12.3. The lowest BCUT2D eigenvalue weighted by Gasteiger charge is -2.21. The molecule has 0 fully saturated rings. The number of ether oxygens (including phenoxy) is 1. The van der Waals surface area contributed by atoms with Gasteiger partial charge in [-0.1, -0.05) is 60.2 Å². The average Bonchev–Trinajstić information content (AvgIpc) is 3.05. The normalized spacial score (nSPS) is 12.9. The molecule has 0 aromatic heterocycles.